The molecule has 1 aliphatic heterocycles. The Hall–Kier alpha value is -3.95. The van der Waals surface area contributed by atoms with Gasteiger partial charge in [-0.1, -0.05) is 53.8 Å². The first-order valence-corrected chi connectivity index (χ1v) is 14.3. The van der Waals surface area contributed by atoms with E-state index >= 15 is 0 Å². The smallest absolute Gasteiger partial charge is 0.308 e. The Labute approximate surface area is 242 Å². The van der Waals surface area contributed by atoms with Gasteiger partial charge >= 0.3 is 5.97 Å². The number of carbonyl (C=O) groups is 1. The van der Waals surface area contributed by atoms with Crippen LogP contribution in [0.5, 0.6) is 17.2 Å². The molecule has 0 N–H and O–H groups in total. The van der Waals surface area contributed by atoms with Crippen LogP contribution in [-0.4, -0.2) is 24.8 Å². The Morgan fingerprint density at radius 2 is 1.80 bits per heavy atom. The highest BCUT2D eigenvalue weighted by Crippen LogP contribution is 2.43. The van der Waals surface area contributed by atoms with Crippen LogP contribution in [0.15, 0.2) is 80.5 Å². The average molecular weight is 618 g/mol. The van der Waals surface area contributed by atoms with Crippen molar-refractivity contribution in [1.82, 2.24) is 4.57 Å². The summed E-state index contributed by atoms with van der Waals surface area (Å²) in [7, 11) is 3.15. The van der Waals surface area contributed by atoms with Gasteiger partial charge in [-0.15, -0.1) is 0 Å². The van der Waals surface area contributed by atoms with Crippen LogP contribution >= 0.6 is 27.3 Å². The van der Waals surface area contributed by atoms with E-state index in [0.29, 0.717) is 25.1 Å². The summed E-state index contributed by atoms with van der Waals surface area (Å²) in [6, 6.07) is 19.4. The van der Waals surface area contributed by atoms with E-state index in [1.54, 1.807) is 23.8 Å². The zero-order valence-corrected chi connectivity index (χ0v) is 24.5. The van der Waals surface area contributed by atoms with Gasteiger partial charge in [-0.25, -0.2) is 4.99 Å². The number of nitrogens with zero attached hydrogens (tertiary/aromatic N) is 2. The second kappa shape index (κ2) is 10.6. The van der Waals surface area contributed by atoms with Gasteiger partial charge in [-0.05, 0) is 69.7 Å². The number of halogens is 1. The van der Waals surface area contributed by atoms with E-state index in [0.717, 1.165) is 41.0 Å². The monoisotopic (exact) mass is 616 g/mol. The number of ether oxygens (including phenoxy) is 3. The van der Waals surface area contributed by atoms with Crippen LogP contribution < -0.4 is 29.1 Å². The van der Waals surface area contributed by atoms with Gasteiger partial charge in [0.2, 0.25) is 0 Å². The first kappa shape index (κ1) is 26.3. The number of hydrogen-bond donors (Lipinski definition) is 0. The van der Waals surface area contributed by atoms with E-state index in [2.05, 4.69) is 34.1 Å². The molecule has 7 nitrogen and oxygen atoms in total. The van der Waals surface area contributed by atoms with Gasteiger partial charge < -0.3 is 14.2 Å². The minimum atomic E-state index is -0.457. The number of benzene rings is 3. The highest BCUT2D eigenvalue weighted by Gasteiger charge is 2.34. The standard InChI is InChI=1S/C31H25BrN2O5S/c1-17(35)39-29-23(32)14-18(15-25(29)38-3)16-26-30(36)34-28(21-10-6-7-11-24(21)37-2)22-13-12-19-8-4-5-9-20(19)27(22)33-31(34)40-26/h4-11,14-16,28H,12-13H2,1-3H3/b26-16-/t28-/m0/s1. The number of allylic oxidation sites excluding steroid dienone is 1. The minimum Gasteiger partial charge on any atom is -0.496 e. The number of esters is 1. The summed E-state index contributed by atoms with van der Waals surface area (Å²) in [4.78, 5) is 31.4. The number of rotatable bonds is 5. The number of aryl methyl sites for hydroxylation is 1. The van der Waals surface area contributed by atoms with Gasteiger partial charge in [0.25, 0.3) is 5.56 Å². The van der Waals surface area contributed by atoms with Crippen LogP contribution in [0.4, 0.5) is 0 Å². The van der Waals surface area contributed by atoms with Crippen molar-refractivity contribution in [1.29, 1.82) is 0 Å². The molecule has 4 aromatic rings. The fourth-order valence-electron chi connectivity index (χ4n) is 5.41. The summed E-state index contributed by atoms with van der Waals surface area (Å²) >= 11 is 4.82. The predicted molar refractivity (Wildman–Crippen MR) is 158 cm³/mol. The van der Waals surface area contributed by atoms with Crippen molar-refractivity contribution >= 4 is 45.0 Å². The Kier molecular flexibility index (Phi) is 6.93. The first-order valence-electron chi connectivity index (χ1n) is 12.7. The van der Waals surface area contributed by atoms with Gasteiger partial charge in [-0.3, -0.25) is 14.2 Å². The molecule has 1 atom stereocenters. The SMILES string of the molecule is COc1ccccc1[C@H]1C2=C(N=c3s/c(=C\c4cc(Br)c(OC(C)=O)c(OC)c4)c(=O)n31)c1ccccc1CC2. The molecule has 202 valence electrons. The average Bonchev–Trinajstić information content (AvgIpc) is 3.27. The Balaban J connectivity index is 1.58. The number of aromatic nitrogens is 1. The largest absolute Gasteiger partial charge is 0.496 e. The predicted octanol–water partition coefficient (Wildman–Crippen LogP) is 5.02. The van der Waals surface area contributed by atoms with E-state index in [1.165, 1.54) is 30.9 Å². The summed E-state index contributed by atoms with van der Waals surface area (Å²) in [5.41, 5.74) is 5.91. The lowest BCUT2D eigenvalue weighted by Crippen LogP contribution is -2.39. The third-order valence-electron chi connectivity index (χ3n) is 7.10. The second-order valence-electron chi connectivity index (χ2n) is 9.48. The van der Waals surface area contributed by atoms with Crippen LogP contribution in [0.1, 0.15) is 41.6 Å². The van der Waals surface area contributed by atoms with Gasteiger partial charge in [0.15, 0.2) is 16.3 Å². The van der Waals surface area contributed by atoms with E-state index in [9.17, 15) is 9.59 Å². The summed E-state index contributed by atoms with van der Waals surface area (Å²) in [6.45, 7) is 1.33. The van der Waals surface area contributed by atoms with Crippen LogP contribution in [0, 0.1) is 0 Å². The molecular formula is C31H25BrN2O5S. The van der Waals surface area contributed by atoms with Crippen molar-refractivity contribution in [2.45, 2.75) is 25.8 Å². The van der Waals surface area contributed by atoms with Gasteiger partial charge in [0, 0.05) is 18.1 Å². The molecule has 0 amide bonds. The molecule has 0 bridgehead atoms. The Bertz CT molecular complexity index is 1890. The lowest BCUT2D eigenvalue weighted by Gasteiger charge is -2.31. The molecule has 9 heteroatoms. The molecule has 40 heavy (non-hydrogen) atoms. The third-order valence-corrected chi connectivity index (χ3v) is 8.67. The zero-order valence-electron chi connectivity index (χ0n) is 22.1. The number of thiazole rings is 1. The molecule has 0 fully saturated rings. The van der Waals surface area contributed by atoms with E-state index in [-0.39, 0.29) is 17.4 Å². The van der Waals surface area contributed by atoms with Crippen molar-refractivity contribution < 1.29 is 19.0 Å². The van der Waals surface area contributed by atoms with Crippen molar-refractivity contribution in [2.24, 2.45) is 4.99 Å². The van der Waals surface area contributed by atoms with Crippen molar-refractivity contribution in [3.63, 3.8) is 0 Å². The molecule has 0 saturated carbocycles. The lowest BCUT2D eigenvalue weighted by molar-refractivity contribution is -0.132. The van der Waals surface area contributed by atoms with Crippen LogP contribution in [0.25, 0.3) is 11.8 Å². The number of methoxy groups -OCH3 is 2. The molecule has 1 aromatic heterocycles. The molecule has 6 rings (SSSR count). The second-order valence-corrected chi connectivity index (χ2v) is 11.3. The van der Waals surface area contributed by atoms with Crippen LogP contribution in [-0.2, 0) is 11.2 Å². The Morgan fingerprint density at radius 1 is 1.05 bits per heavy atom. The topological polar surface area (TPSA) is 79.1 Å². The fraction of sp³-hybridized carbons (Fsp3) is 0.194. The third kappa shape index (κ3) is 4.49. The maximum absolute atomic E-state index is 14.1. The van der Waals surface area contributed by atoms with Crippen molar-refractivity contribution in [2.75, 3.05) is 14.2 Å². The highest BCUT2D eigenvalue weighted by molar-refractivity contribution is 9.10. The van der Waals surface area contributed by atoms with Crippen LogP contribution in [0.3, 0.4) is 0 Å². The van der Waals surface area contributed by atoms with Crippen molar-refractivity contribution in [3.8, 4) is 17.2 Å². The zero-order chi connectivity index (χ0) is 28.0. The maximum Gasteiger partial charge on any atom is 0.308 e. The molecule has 2 heterocycles. The van der Waals surface area contributed by atoms with Gasteiger partial charge in [0.1, 0.15) is 5.75 Å². The van der Waals surface area contributed by atoms with E-state index in [1.807, 2.05) is 36.4 Å². The summed E-state index contributed by atoms with van der Waals surface area (Å²) in [6.07, 6.45) is 3.48. The normalized spacial score (nSPS) is 16.0. The number of fused-ring (bicyclic) bond motifs is 3. The maximum atomic E-state index is 14.1. The molecule has 2 aliphatic rings. The fourth-order valence-corrected chi connectivity index (χ4v) is 6.95. The summed E-state index contributed by atoms with van der Waals surface area (Å²) < 4.78 is 19.4. The quantitative estimate of drug-likeness (QED) is 0.232. The summed E-state index contributed by atoms with van der Waals surface area (Å²) in [5, 5.41) is 0. The van der Waals surface area contributed by atoms with E-state index in [4.69, 9.17) is 19.2 Å². The minimum absolute atomic E-state index is 0.135. The van der Waals surface area contributed by atoms with Gasteiger partial charge in [0.05, 0.1) is 35.0 Å². The number of para-hydroxylation sites is 1. The molecular weight excluding hydrogens is 592 g/mol. The highest BCUT2D eigenvalue weighted by atomic mass is 79.9. The molecule has 0 spiro atoms. The van der Waals surface area contributed by atoms with Crippen molar-refractivity contribution in [3.05, 3.63) is 113 Å². The van der Waals surface area contributed by atoms with Gasteiger partial charge in [-0.2, -0.15) is 0 Å². The number of hydrogen-bond acceptors (Lipinski definition) is 7. The lowest BCUT2D eigenvalue weighted by atomic mass is 9.83. The molecule has 0 radical (unpaired) electrons. The first-order chi connectivity index (χ1) is 19.4. The molecule has 3 aromatic carbocycles. The Morgan fingerprint density at radius 3 is 2.58 bits per heavy atom. The summed E-state index contributed by atoms with van der Waals surface area (Å²) in [5.74, 6) is 0.935. The van der Waals surface area contributed by atoms with E-state index < -0.39 is 5.97 Å². The molecule has 0 saturated heterocycles. The molecule has 0 unspecified atom stereocenters. The van der Waals surface area contributed by atoms with Crippen LogP contribution in [0.2, 0.25) is 0 Å². The molecule has 1 aliphatic carbocycles. The number of carbonyl (C=O) groups excluding carboxylic acids is 1.